The van der Waals surface area contributed by atoms with E-state index in [9.17, 15) is 22.4 Å². The normalized spacial score (nSPS) is 20.7. The van der Waals surface area contributed by atoms with Gasteiger partial charge in [0.2, 0.25) is 5.62 Å². The maximum Gasteiger partial charge on any atom is 0.417 e. The summed E-state index contributed by atoms with van der Waals surface area (Å²) in [5.41, 5.74) is -2.27. The van der Waals surface area contributed by atoms with Crippen molar-refractivity contribution in [1.82, 2.24) is 19.4 Å². The minimum atomic E-state index is -4.95. The average Bonchev–Trinajstić information content (AvgIpc) is 3.71. The first kappa shape index (κ1) is 29.0. The topological polar surface area (TPSA) is 66.1 Å². The predicted molar refractivity (Wildman–Crippen MR) is 144 cm³/mol. The zero-order valence-electron chi connectivity index (χ0n) is 23.2. The van der Waals surface area contributed by atoms with Gasteiger partial charge in [-0.05, 0) is 86.5 Å². The van der Waals surface area contributed by atoms with Crippen molar-refractivity contribution in [3.8, 4) is 11.1 Å². The first-order valence-corrected chi connectivity index (χ1v) is 13.8. The number of nitrogens with zero attached hydrogens (tertiary/aromatic N) is 3. The van der Waals surface area contributed by atoms with Gasteiger partial charge in [0, 0.05) is 37.1 Å². The van der Waals surface area contributed by atoms with Crippen LogP contribution in [0, 0.1) is 28.9 Å². The van der Waals surface area contributed by atoms with Crippen LogP contribution in [0.5, 0.6) is 0 Å². The van der Waals surface area contributed by atoms with Gasteiger partial charge in [-0.2, -0.15) is 13.2 Å². The molecule has 1 aromatic heterocycles. The molecule has 1 aliphatic heterocycles. The number of imidazole rings is 1. The van der Waals surface area contributed by atoms with E-state index in [4.69, 9.17) is 5.41 Å². The van der Waals surface area contributed by atoms with Gasteiger partial charge < -0.3 is 19.4 Å². The Labute approximate surface area is 235 Å². The largest absolute Gasteiger partial charge is 0.417 e. The first-order valence-electron chi connectivity index (χ1n) is 13.8. The lowest BCUT2D eigenvalue weighted by Gasteiger charge is -2.41. The predicted octanol–water partition coefficient (Wildman–Crippen LogP) is 5.56. The summed E-state index contributed by atoms with van der Waals surface area (Å²) >= 11 is 0. The Balaban J connectivity index is 1.59. The molecule has 11 heteroatoms. The average molecular weight is 576 g/mol. The second kappa shape index (κ2) is 11.1. The summed E-state index contributed by atoms with van der Waals surface area (Å²) in [4.78, 5) is 16.0. The van der Waals surface area contributed by atoms with Gasteiger partial charge in [0.1, 0.15) is 11.6 Å². The fourth-order valence-corrected chi connectivity index (χ4v) is 5.90. The highest BCUT2D eigenvalue weighted by molar-refractivity contribution is 5.96. The fourth-order valence-electron chi connectivity index (χ4n) is 5.90. The maximum absolute atomic E-state index is 16.1. The second-order valence-corrected chi connectivity index (χ2v) is 11.6. The molecule has 1 amide bonds. The van der Waals surface area contributed by atoms with Crippen molar-refractivity contribution in [2.45, 2.75) is 57.4 Å². The molecule has 1 aliphatic carbocycles. The number of alkyl halides is 3. The van der Waals surface area contributed by atoms with Gasteiger partial charge >= 0.3 is 6.18 Å². The molecule has 6 nitrogen and oxygen atoms in total. The third kappa shape index (κ3) is 6.10. The number of amides is 1. The number of carbonyl (C=O) groups is 1. The van der Waals surface area contributed by atoms with Crippen molar-refractivity contribution in [3.63, 3.8) is 0 Å². The van der Waals surface area contributed by atoms with Crippen LogP contribution in [-0.2, 0) is 19.8 Å². The minimum Gasteiger partial charge on any atom is -0.347 e. The quantitative estimate of drug-likeness (QED) is 0.363. The Morgan fingerprint density at radius 2 is 1.80 bits per heavy atom. The lowest BCUT2D eigenvalue weighted by Crippen LogP contribution is -2.54. The molecule has 2 fully saturated rings. The highest BCUT2D eigenvalue weighted by atomic mass is 19.4. The van der Waals surface area contributed by atoms with E-state index in [1.54, 1.807) is 24.0 Å². The van der Waals surface area contributed by atoms with Gasteiger partial charge in [0.15, 0.2) is 0 Å². The summed E-state index contributed by atoms with van der Waals surface area (Å²) in [6.07, 6.45) is 2.12. The molecule has 3 aromatic rings. The number of nitrogens with one attached hydrogen (secondary N) is 2. The molecule has 2 N–H and O–H groups in total. The van der Waals surface area contributed by atoms with Crippen molar-refractivity contribution in [1.29, 1.82) is 5.41 Å². The third-order valence-corrected chi connectivity index (χ3v) is 8.41. The van der Waals surface area contributed by atoms with Crippen LogP contribution in [0.4, 0.5) is 22.0 Å². The smallest absolute Gasteiger partial charge is 0.347 e. The number of hydrogen-bond donors (Lipinski definition) is 2. The van der Waals surface area contributed by atoms with E-state index in [2.05, 4.69) is 17.1 Å². The number of likely N-dealkylation sites (tertiary alicyclic amines) is 1. The number of carbonyl (C=O) groups excluding carboxylic acids is 1. The Kier molecular flexibility index (Phi) is 7.84. The number of halogens is 5. The van der Waals surface area contributed by atoms with Crippen LogP contribution >= 0.6 is 0 Å². The molecule has 2 heterocycles. The van der Waals surface area contributed by atoms with E-state index in [0.29, 0.717) is 17.5 Å². The molecule has 2 aromatic carbocycles. The van der Waals surface area contributed by atoms with Crippen molar-refractivity contribution in [2.24, 2.45) is 18.9 Å². The lowest BCUT2D eigenvalue weighted by molar-refractivity contribution is -0.137. The summed E-state index contributed by atoms with van der Waals surface area (Å²) in [7, 11) is 3.68. The van der Waals surface area contributed by atoms with E-state index in [0.717, 1.165) is 44.4 Å². The SMILES string of the molecule is CC1CCN(C)C(C(NC(=O)c2cc(Cn3ccn(C)c3=N)cc(-c3ccc(F)cc3C(F)(F)F)c2F)C2CC2)C1. The molecular weight excluding hydrogens is 541 g/mol. The number of hydrogen-bond acceptors (Lipinski definition) is 3. The van der Waals surface area contributed by atoms with Gasteiger partial charge in [-0.3, -0.25) is 10.2 Å². The van der Waals surface area contributed by atoms with E-state index in [1.165, 1.54) is 16.7 Å². The number of likely N-dealkylation sites (N-methyl/N-ethyl adjacent to an activating group) is 1. The van der Waals surface area contributed by atoms with E-state index in [-0.39, 0.29) is 35.7 Å². The van der Waals surface area contributed by atoms with Crippen LogP contribution in [0.3, 0.4) is 0 Å². The Hall–Kier alpha value is -3.47. The van der Waals surface area contributed by atoms with Crippen LogP contribution in [0.15, 0.2) is 42.7 Å². The van der Waals surface area contributed by atoms with Gasteiger partial charge in [0.25, 0.3) is 5.91 Å². The summed E-state index contributed by atoms with van der Waals surface area (Å²) in [6, 6.07) is 4.48. The van der Waals surface area contributed by atoms with Crippen LogP contribution in [-0.4, -0.2) is 45.6 Å². The highest BCUT2D eigenvalue weighted by Crippen LogP contribution is 2.41. The van der Waals surface area contributed by atoms with Crippen molar-refractivity contribution >= 4 is 5.91 Å². The second-order valence-electron chi connectivity index (χ2n) is 11.6. The standard InChI is InChI=1S/C30H34F5N5O/c1-17-8-9-38(2)25(12-17)27(19-4-5-19)37-28(41)23-14-18(16-40-11-10-39(3)29(40)36)13-22(26(23)32)21-7-6-20(31)15-24(21)30(33,34)35/h6-7,10-11,13-15,17,19,25,27,36H,4-5,8-9,12,16H2,1-3H3,(H,37,41). The summed E-state index contributed by atoms with van der Waals surface area (Å²) in [5, 5.41) is 11.3. The Bertz CT molecular complexity index is 1510. The first-order chi connectivity index (χ1) is 19.3. The monoisotopic (exact) mass is 575 g/mol. The van der Waals surface area contributed by atoms with E-state index >= 15 is 4.39 Å². The van der Waals surface area contributed by atoms with Crippen LogP contribution in [0.1, 0.15) is 54.1 Å². The molecule has 3 unspecified atom stereocenters. The zero-order valence-corrected chi connectivity index (χ0v) is 23.2. The van der Waals surface area contributed by atoms with E-state index < -0.39 is 40.4 Å². The van der Waals surface area contributed by atoms with Crippen LogP contribution in [0.2, 0.25) is 0 Å². The van der Waals surface area contributed by atoms with Gasteiger partial charge in [-0.15, -0.1) is 0 Å². The van der Waals surface area contributed by atoms with Crippen molar-refractivity contribution < 1.29 is 26.7 Å². The van der Waals surface area contributed by atoms with Gasteiger partial charge in [-0.1, -0.05) is 13.0 Å². The number of piperidine rings is 1. The Morgan fingerprint density at radius 1 is 1.07 bits per heavy atom. The summed E-state index contributed by atoms with van der Waals surface area (Å²) in [5.74, 6) is -2.18. The lowest BCUT2D eigenvalue weighted by atomic mass is 9.86. The molecule has 41 heavy (non-hydrogen) atoms. The summed E-state index contributed by atoms with van der Waals surface area (Å²) < 4.78 is 74.9. The molecule has 0 bridgehead atoms. The molecule has 220 valence electrons. The van der Waals surface area contributed by atoms with Crippen molar-refractivity contribution in [3.05, 3.63) is 76.7 Å². The highest BCUT2D eigenvalue weighted by Gasteiger charge is 2.42. The van der Waals surface area contributed by atoms with Crippen molar-refractivity contribution in [2.75, 3.05) is 13.6 Å². The maximum atomic E-state index is 16.1. The Morgan fingerprint density at radius 3 is 2.44 bits per heavy atom. The molecule has 2 aliphatic rings. The van der Waals surface area contributed by atoms with Gasteiger partial charge in [-0.25, -0.2) is 8.78 Å². The molecular formula is C30H34F5N5O. The molecule has 3 atom stereocenters. The number of aryl methyl sites for hydroxylation is 1. The molecule has 1 saturated carbocycles. The third-order valence-electron chi connectivity index (χ3n) is 8.41. The van der Waals surface area contributed by atoms with Crippen LogP contribution < -0.4 is 10.9 Å². The number of rotatable bonds is 7. The molecule has 5 rings (SSSR count). The zero-order chi connectivity index (χ0) is 29.6. The fraction of sp³-hybridized carbons (Fsp3) is 0.467. The molecule has 1 saturated heterocycles. The molecule has 0 radical (unpaired) electrons. The number of aromatic nitrogens is 2. The minimum absolute atomic E-state index is 0.0186. The van der Waals surface area contributed by atoms with Crippen LogP contribution in [0.25, 0.3) is 11.1 Å². The van der Waals surface area contributed by atoms with E-state index in [1.807, 2.05) is 7.05 Å². The van der Waals surface area contributed by atoms with Gasteiger partial charge in [0.05, 0.1) is 17.7 Å². The summed E-state index contributed by atoms with van der Waals surface area (Å²) in [6.45, 7) is 3.07. The molecule has 0 spiro atoms. The number of benzene rings is 2.